The van der Waals surface area contributed by atoms with Crippen LogP contribution in [0, 0.1) is 22.7 Å². The van der Waals surface area contributed by atoms with Gasteiger partial charge in [-0.1, -0.05) is 12.1 Å². The normalized spacial score (nSPS) is 10.8. The molecule has 0 aliphatic rings. The van der Waals surface area contributed by atoms with Crippen molar-refractivity contribution in [2.75, 3.05) is 6.54 Å². The number of ether oxygens (including phenoxy) is 1. The van der Waals surface area contributed by atoms with Gasteiger partial charge in [-0.3, -0.25) is 4.79 Å². The molecule has 17 heavy (non-hydrogen) atoms. The van der Waals surface area contributed by atoms with E-state index in [9.17, 15) is 4.79 Å². The number of carbonyl (C=O) groups excluding carboxylic acids is 1. The number of amides is 1. The van der Waals surface area contributed by atoms with Crippen LogP contribution in [0.2, 0.25) is 0 Å². The third kappa shape index (κ3) is 3.51. The van der Waals surface area contributed by atoms with Crippen LogP contribution in [0.1, 0.15) is 12.5 Å². The smallest absolute Gasteiger partial charge is 0.261 e. The number of para-hydroxylation sites is 1. The van der Waals surface area contributed by atoms with E-state index >= 15 is 0 Å². The van der Waals surface area contributed by atoms with E-state index in [2.05, 4.69) is 5.32 Å². The van der Waals surface area contributed by atoms with Gasteiger partial charge >= 0.3 is 0 Å². The summed E-state index contributed by atoms with van der Waals surface area (Å²) in [4.78, 5) is 11.4. The standard InChI is InChI=1S/C12H11N3O2/c1-9(12(16)15-7-6-13)17-11-5-3-2-4-10(11)8-14/h2-5,9H,7H2,1H3,(H,15,16)/t9-/m0/s1. The van der Waals surface area contributed by atoms with E-state index in [-0.39, 0.29) is 12.5 Å². The van der Waals surface area contributed by atoms with Crippen molar-refractivity contribution in [3.05, 3.63) is 29.8 Å². The highest BCUT2D eigenvalue weighted by Gasteiger charge is 2.15. The van der Waals surface area contributed by atoms with Crippen LogP contribution in [-0.2, 0) is 4.79 Å². The molecule has 1 atom stereocenters. The quantitative estimate of drug-likeness (QED) is 0.779. The van der Waals surface area contributed by atoms with Gasteiger partial charge in [-0.25, -0.2) is 0 Å². The highest BCUT2D eigenvalue weighted by molar-refractivity contribution is 5.80. The van der Waals surface area contributed by atoms with Gasteiger partial charge in [0.2, 0.25) is 0 Å². The molecule has 0 unspecified atom stereocenters. The van der Waals surface area contributed by atoms with Crippen LogP contribution >= 0.6 is 0 Å². The largest absolute Gasteiger partial charge is 0.480 e. The van der Waals surface area contributed by atoms with Crippen molar-refractivity contribution in [1.29, 1.82) is 10.5 Å². The van der Waals surface area contributed by atoms with E-state index in [0.717, 1.165) is 0 Å². The second-order valence-electron chi connectivity index (χ2n) is 3.24. The fraction of sp³-hybridized carbons (Fsp3) is 0.250. The summed E-state index contributed by atoms with van der Waals surface area (Å²) in [6.07, 6.45) is -0.752. The lowest BCUT2D eigenvalue weighted by molar-refractivity contribution is -0.127. The van der Waals surface area contributed by atoms with Crippen molar-refractivity contribution in [2.24, 2.45) is 0 Å². The number of hydrogen-bond acceptors (Lipinski definition) is 4. The molecule has 1 rings (SSSR count). The molecule has 0 aromatic heterocycles. The topological polar surface area (TPSA) is 85.9 Å². The Morgan fingerprint density at radius 2 is 2.18 bits per heavy atom. The first-order chi connectivity index (χ1) is 8.19. The molecule has 86 valence electrons. The van der Waals surface area contributed by atoms with Gasteiger partial charge in [0.25, 0.3) is 5.91 Å². The van der Waals surface area contributed by atoms with E-state index in [0.29, 0.717) is 11.3 Å². The number of benzene rings is 1. The highest BCUT2D eigenvalue weighted by Crippen LogP contribution is 2.17. The predicted octanol–water partition coefficient (Wildman–Crippen LogP) is 0.965. The first kappa shape index (κ1) is 12.5. The molecule has 0 heterocycles. The molecule has 0 bridgehead atoms. The Balaban J connectivity index is 2.69. The van der Waals surface area contributed by atoms with Gasteiger partial charge < -0.3 is 10.1 Å². The molecular weight excluding hydrogens is 218 g/mol. The van der Waals surface area contributed by atoms with Gasteiger partial charge in [0.05, 0.1) is 11.6 Å². The first-order valence-electron chi connectivity index (χ1n) is 4.99. The molecule has 5 heteroatoms. The van der Waals surface area contributed by atoms with E-state index in [1.807, 2.05) is 6.07 Å². The summed E-state index contributed by atoms with van der Waals surface area (Å²) >= 11 is 0. The summed E-state index contributed by atoms with van der Waals surface area (Å²) in [6.45, 7) is 1.49. The van der Waals surface area contributed by atoms with Gasteiger partial charge in [0, 0.05) is 0 Å². The number of hydrogen-bond donors (Lipinski definition) is 1. The van der Waals surface area contributed by atoms with Crippen LogP contribution in [0.5, 0.6) is 5.75 Å². The van der Waals surface area contributed by atoms with Gasteiger partial charge in [-0.15, -0.1) is 0 Å². The zero-order chi connectivity index (χ0) is 12.7. The lowest BCUT2D eigenvalue weighted by Crippen LogP contribution is -2.36. The van der Waals surface area contributed by atoms with Crippen molar-refractivity contribution in [3.8, 4) is 17.9 Å². The summed E-state index contributed by atoms with van der Waals surface area (Å²) in [5.74, 6) is -0.0334. The number of nitrogens with zero attached hydrogens (tertiary/aromatic N) is 2. The minimum absolute atomic E-state index is 0.0631. The Morgan fingerprint density at radius 1 is 1.47 bits per heavy atom. The molecule has 1 N–H and O–H groups in total. The predicted molar refractivity (Wildman–Crippen MR) is 59.9 cm³/mol. The monoisotopic (exact) mass is 229 g/mol. The van der Waals surface area contributed by atoms with E-state index < -0.39 is 6.10 Å². The zero-order valence-electron chi connectivity index (χ0n) is 9.30. The molecule has 0 saturated carbocycles. The Hall–Kier alpha value is -2.53. The van der Waals surface area contributed by atoms with Crippen molar-refractivity contribution in [2.45, 2.75) is 13.0 Å². The molecule has 1 aromatic carbocycles. The molecule has 0 saturated heterocycles. The number of rotatable bonds is 4. The Kier molecular flexibility index (Phi) is 4.53. The average molecular weight is 229 g/mol. The summed E-state index contributed by atoms with van der Waals surface area (Å²) in [6, 6.07) is 10.4. The summed E-state index contributed by atoms with van der Waals surface area (Å²) < 4.78 is 5.35. The Morgan fingerprint density at radius 3 is 2.82 bits per heavy atom. The molecule has 0 spiro atoms. The maximum Gasteiger partial charge on any atom is 0.261 e. The molecular formula is C12H11N3O2. The Labute approximate surface area is 99.2 Å². The van der Waals surface area contributed by atoms with Crippen molar-refractivity contribution >= 4 is 5.91 Å². The minimum atomic E-state index is -0.752. The van der Waals surface area contributed by atoms with E-state index in [1.165, 1.54) is 0 Å². The number of carbonyl (C=O) groups is 1. The van der Waals surface area contributed by atoms with Gasteiger partial charge in [0.15, 0.2) is 6.10 Å². The summed E-state index contributed by atoms with van der Waals surface area (Å²) in [5, 5.41) is 19.5. The zero-order valence-corrected chi connectivity index (χ0v) is 9.30. The molecule has 0 fully saturated rings. The van der Waals surface area contributed by atoms with E-state index in [4.69, 9.17) is 15.3 Å². The third-order valence-corrected chi connectivity index (χ3v) is 2.02. The first-order valence-corrected chi connectivity index (χ1v) is 4.99. The number of nitriles is 2. The van der Waals surface area contributed by atoms with Crippen molar-refractivity contribution in [3.63, 3.8) is 0 Å². The van der Waals surface area contributed by atoms with Crippen LogP contribution in [0.4, 0.5) is 0 Å². The highest BCUT2D eigenvalue weighted by atomic mass is 16.5. The van der Waals surface area contributed by atoms with Crippen LogP contribution in [0.25, 0.3) is 0 Å². The van der Waals surface area contributed by atoms with E-state index in [1.54, 1.807) is 37.3 Å². The minimum Gasteiger partial charge on any atom is -0.480 e. The Bertz CT molecular complexity index is 485. The summed E-state index contributed by atoms with van der Waals surface area (Å²) in [7, 11) is 0. The SMILES string of the molecule is C[C@H](Oc1ccccc1C#N)C(=O)NCC#N. The molecule has 0 aliphatic carbocycles. The lowest BCUT2D eigenvalue weighted by atomic mass is 10.2. The maximum absolute atomic E-state index is 11.4. The fourth-order valence-corrected chi connectivity index (χ4v) is 1.18. The average Bonchev–Trinajstić information content (AvgIpc) is 2.36. The molecule has 0 aliphatic heterocycles. The van der Waals surface area contributed by atoms with Crippen LogP contribution in [0.3, 0.4) is 0 Å². The molecule has 5 nitrogen and oxygen atoms in total. The molecule has 1 amide bonds. The van der Waals surface area contributed by atoms with Crippen LogP contribution < -0.4 is 10.1 Å². The van der Waals surface area contributed by atoms with Crippen LogP contribution in [-0.4, -0.2) is 18.6 Å². The van der Waals surface area contributed by atoms with Crippen molar-refractivity contribution < 1.29 is 9.53 Å². The number of nitrogens with one attached hydrogen (secondary N) is 1. The molecule has 0 radical (unpaired) electrons. The molecule has 1 aromatic rings. The fourth-order valence-electron chi connectivity index (χ4n) is 1.18. The second kappa shape index (κ2) is 6.14. The van der Waals surface area contributed by atoms with Gasteiger partial charge in [-0.2, -0.15) is 10.5 Å². The van der Waals surface area contributed by atoms with Crippen molar-refractivity contribution in [1.82, 2.24) is 5.32 Å². The maximum atomic E-state index is 11.4. The van der Waals surface area contributed by atoms with Gasteiger partial charge in [-0.05, 0) is 19.1 Å². The van der Waals surface area contributed by atoms with Gasteiger partial charge in [0.1, 0.15) is 18.4 Å². The third-order valence-electron chi connectivity index (χ3n) is 2.02. The lowest BCUT2D eigenvalue weighted by Gasteiger charge is -2.14. The summed E-state index contributed by atoms with van der Waals surface area (Å²) in [5.41, 5.74) is 0.368. The van der Waals surface area contributed by atoms with Crippen LogP contribution in [0.15, 0.2) is 24.3 Å². The second-order valence-corrected chi connectivity index (χ2v) is 3.24.